The van der Waals surface area contributed by atoms with Gasteiger partial charge in [0.1, 0.15) is 0 Å². The van der Waals surface area contributed by atoms with Crippen LogP contribution in [0, 0.1) is 5.92 Å². The summed E-state index contributed by atoms with van der Waals surface area (Å²) >= 11 is 0. The summed E-state index contributed by atoms with van der Waals surface area (Å²) in [4.78, 5) is 0. The zero-order chi connectivity index (χ0) is 13.1. The molecule has 0 bridgehead atoms. The summed E-state index contributed by atoms with van der Waals surface area (Å²) in [7, 11) is 0. The van der Waals surface area contributed by atoms with Crippen molar-refractivity contribution in [3.8, 4) is 0 Å². The quantitative estimate of drug-likeness (QED) is 0.815. The summed E-state index contributed by atoms with van der Waals surface area (Å²) in [6, 6.07) is 16.3. The van der Waals surface area contributed by atoms with Gasteiger partial charge in [-0.2, -0.15) is 0 Å². The standard InChI is InChI=1S/C18H23N/c1-2-14(13-19-17-10-11-17)12-16-8-5-7-15-6-3-4-9-18(15)16/h3-9,14,17,19H,2,10-13H2,1H3. The molecule has 1 nitrogen and oxygen atoms in total. The Bertz CT molecular complexity index is 537. The molecule has 0 heterocycles. The molecule has 2 aromatic rings. The molecule has 1 N–H and O–H groups in total. The molecule has 0 aliphatic heterocycles. The Morgan fingerprint density at radius 1 is 1.11 bits per heavy atom. The van der Waals surface area contributed by atoms with Crippen LogP contribution in [-0.2, 0) is 6.42 Å². The van der Waals surface area contributed by atoms with Gasteiger partial charge in [0.05, 0.1) is 0 Å². The Labute approximate surface area is 116 Å². The topological polar surface area (TPSA) is 12.0 Å². The molecule has 1 aliphatic carbocycles. The summed E-state index contributed by atoms with van der Waals surface area (Å²) in [5.41, 5.74) is 1.50. The van der Waals surface area contributed by atoms with Crippen molar-refractivity contribution in [3.05, 3.63) is 48.0 Å². The maximum atomic E-state index is 3.68. The summed E-state index contributed by atoms with van der Waals surface area (Å²) in [6.45, 7) is 3.48. The van der Waals surface area contributed by atoms with Gasteiger partial charge in [0, 0.05) is 6.04 Å². The zero-order valence-electron chi connectivity index (χ0n) is 11.7. The van der Waals surface area contributed by atoms with E-state index in [0.29, 0.717) is 0 Å². The highest BCUT2D eigenvalue weighted by atomic mass is 14.9. The molecule has 1 aliphatic rings. The van der Waals surface area contributed by atoms with Gasteiger partial charge in [-0.3, -0.25) is 0 Å². The third-order valence-corrected chi connectivity index (χ3v) is 4.24. The molecule has 0 amide bonds. The first kappa shape index (κ1) is 12.7. The van der Waals surface area contributed by atoms with Crippen LogP contribution < -0.4 is 5.32 Å². The van der Waals surface area contributed by atoms with E-state index in [-0.39, 0.29) is 0 Å². The minimum absolute atomic E-state index is 0.756. The van der Waals surface area contributed by atoms with Gasteiger partial charge in [-0.15, -0.1) is 0 Å². The highest BCUT2D eigenvalue weighted by Crippen LogP contribution is 2.23. The molecule has 19 heavy (non-hydrogen) atoms. The van der Waals surface area contributed by atoms with Crippen molar-refractivity contribution in [1.82, 2.24) is 5.32 Å². The molecular weight excluding hydrogens is 230 g/mol. The summed E-state index contributed by atoms with van der Waals surface area (Å²) in [5, 5.41) is 6.47. The van der Waals surface area contributed by atoms with Gasteiger partial charge in [0.25, 0.3) is 0 Å². The first-order chi connectivity index (χ1) is 9.36. The predicted octanol–water partition coefficient (Wildman–Crippen LogP) is 4.16. The van der Waals surface area contributed by atoms with E-state index in [4.69, 9.17) is 0 Å². The van der Waals surface area contributed by atoms with Crippen LogP contribution in [0.4, 0.5) is 0 Å². The molecule has 1 atom stereocenters. The van der Waals surface area contributed by atoms with Crippen molar-refractivity contribution >= 4 is 10.8 Å². The van der Waals surface area contributed by atoms with Crippen molar-refractivity contribution in [2.75, 3.05) is 6.54 Å². The normalized spacial score (nSPS) is 16.7. The van der Waals surface area contributed by atoms with Crippen LogP contribution >= 0.6 is 0 Å². The fourth-order valence-electron chi connectivity index (χ4n) is 2.76. The smallest absolute Gasteiger partial charge is 0.00683 e. The lowest BCUT2D eigenvalue weighted by molar-refractivity contribution is 0.460. The van der Waals surface area contributed by atoms with Crippen molar-refractivity contribution in [2.24, 2.45) is 5.92 Å². The number of rotatable bonds is 6. The van der Waals surface area contributed by atoms with E-state index in [2.05, 4.69) is 54.7 Å². The monoisotopic (exact) mass is 253 g/mol. The molecule has 2 aromatic carbocycles. The van der Waals surface area contributed by atoms with E-state index in [1.54, 1.807) is 0 Å². The van der Waals surface area contributed by atoms with Gasteiger partial charge in [-0.25, -0.2) is 0 Å². The first-order valence-corrected chi connectivity index (χ1v) is 7.57. The van der Waals surface area contributed by atoms with Crippen LogP contribution in [0.3, 0.4) is 0 Å². The second-order valence-electron chi connectivity index (χ2n) is 5.80. The Hall–Kier alpha value is -1.34. The maximum absolute atomic E-state index is 3.68. The van der Waals surface area contributed by atoms with Gasteiger partial charge in [0.2, 0.25) is 0 Å². The van der Waals surface area contributed by atoms with E-state index in [0.717, 1.165) is 12.0 Å². The van der Waals surface area contributed by atoms with Crippen LogP contribution in [-0.4, -0.2) is 12.6 Å². The fourth-order valence-corrected chi connectivity index (χ4v) is 2.76. The third-order valence-electron chi connectivity index (χ3n) is 4.24. The average Bonchev–Trinajstić information content (AvgIpc) is 3.28. The van der Waals surface area contributed by atoms with E-state index < -0.39 is 0 Å². The van der Waals surface area contributed by atoms with Crippen molar-refractivity contribution < 1.29 is 0 Å². The Morgan fingerprint density at radius 2 is 1.89 bits per heavy atom. The fraction of sp³-hybridized carbons (Fsp3) is 0.444. The molecule has 1 heteroatoms. The number of fused-ring (bicyclic) bond motifs is 1. The largest absolute Gasteiger partial charge is 0.314 e. The predicted molar refractivity (Wildman–Crippen MR) is 82.5 cm³/mol. The van der Waals surface area contributed by atoms with Crippen LogP contribution in [0.15, 0.2) is 42.5 Å². The maximum Gasteiger partial charge on any atom is 0.00683 e. The van der Waals surface area contributed by atoms with Gasteiger partial charge in [-0.1, -0.05) is 55.8 Å². The van der Waals surface area contributed by atoms with E-state index in [9.17, 15) is 0 Å². The van der Waals surface area contributed by atoms with Gasteiger partial charge in [-0.05, 0) is 48.1 Å². The second-order valence-corrected chi connectivity index (χ2v) is 5.80. The lowest BCUT2D eigenvalue weighted by Crippen LogP contribution is -2.25. The van der Waals surface area contributed by atoms with E-state index in [1.807, 2.05) is 0 Å². The van der Waals surface area contributed by atoms with Crippen LogP contribution in [0.5, 0.6) is 0 Å². The number of hydrogen-bond donors (Lipinski definition) is 1. The van der Waals surface area contributed by atoms with Gasteiger partial charge < -0.3 is 5.32 Å². The summed E-state index contributed by atoms with van der Waals surface area (Å²) < 4.78 is 0. The summed E-state index contributed by atoms with van der Waals surface area (Å²) in [6.07, 6.45) is 5.20. The van der Waals surface area contributed by atoms with Crippen molar-refractivity contribution in [1.29, 1.82) is 0 Å². The first-order valence-electron chi connectivity index (χ1n) is 7.57. The molecule has 3 rings (SSSR count). The SMILES string of the molecule is CCC(CNC1CC1)Cc1cccc2ccccc12. The lowest BCUT2D eigenvalue weighted by Gasteiger charge is -2.17. The number of hydrogen-bond acceptors (Lipinski definition) is 1. The molecule has 0 radical (unpaired) electrons. The molecule has 1 fully saturated rings. The molecule has 100 valence electrons. The Kier molecular flexibility index (Phi) is 3.84. The second kappa shape index (κ2) is 5.75. The highest BCUT2D eigenvalue weighted by molar-refractivity contribution is 5.85. The van der Waals surface area contributed by atoms with Crippen LogP contribution in [0.1, 0.15) is 31.7 Å². The zero-order valence-corrected chi connectivity index (χ0v) is 11.7. The number of benzene rings is 2. The molecule has 0 spiro atoms. The highest BCUT2D eigenvalue weighted by Gasteiger charge is 2.21. The molecular formula is C18H23N. The lowest BCUT2D eigenvalue weighted by atomic mass is 9.93. The Balaban J connectivity index is 1.74. The molecule has 1 saturated carbocycles. The Morgan fingerprint density at radius 3 is 2.68 bits per heavy atom. The van der Waals surface area contributed by atoms with Crippen LogP contribution in [0.25, 0.3) is 10.8 Å². The molecule has 0 saturated heterocycles. The number of nitrogens with one attached hydrogen (secondary N) is 1. The minimum Gasteiger partial charge on any atom is -0.314 e. The van der Waals surface area contributed by atoms with Gasteiger partial charge in [0.15, 0.2) is 0 Å². The third kappa shape index (κ3) is 3.16. The minimum atomic E-state index is 0.756. The molecule has 1 unspecified atom stereocenters. The van der Waals surface area contributed by atoms with Crippen molar-refractivity contribution in [2.45, 2.75) is 38.6 Å². The van der Waals surface area contributed by atoms with E-state index >= 15 is 0 Å². The van der Waals surface area contributed by atoms with Crippen LogP contribution in [0.2, 0.25) is 0 Å². The average molecular weight is 253 g/mol. The van der Waals surface area contributed by atoms with Gasteiger partial charge >= 0.3 is 0 Å². The molecule has 0 aromatic heterocycles. The van der Waals surface area contributed by atoms with E-state index in [1.165, 1.54) is 48.6 Å². The summed E-state index contributed by atoms with van der Waals surface area (Å²) in [5.74, 6) is 0.756. The van der Waals surface area contributed by atoms with Crippen molar-refractivity contribution in [3.63, 3.8) is 0 Å².